The second-order valence-corrected chi connectivity index (χ2v) is 9.59. The fraction of sp³-hybridized carbons (Fsp3) is 0.538. The molecule has 2 amide bonds. The molecule has 0 radical (unpaired) electrons. The van der Waals surface area contributed by atoms with Crippen molar-refractivity contribution in [1.82, 2.24) is 19.8 Å². The lowest BCUT2D eigenvalue weighted by atomic mass is 9.94. The molecular weight excluding hydrogens is 462 g/mol. The highest BCUT2D eigenvalue weighted by Gasteiger charge is 2.41. The minimum atomic E-state index is -0.791. The number of hydrogen-bond acceptors (Lipinski definition) is 8. The molecule has 10 heteroatoms. The van der Waals surface area contributed by atoms with Gasteiger partial charge in [0.05, 0.1) is 44.1 Å². The van der Waals surface area contributed by atoms with Crippen LogP contribution in [0.1, 0.15) is 29.8 Å². The molecule has 5 rings (SSSR count). The van der Waals surface area contributed by atoms with Gasteiger partial charge in [0.25, 0.3) is 5.91 Å². The standard InChI is InChI=1S/C26H33N5O5/c32-20-16-31(26(34)22-15-27-8-9-28-22)23-7-6-21(36-24(23)18-35-17-20)14-25(33)30-12-10-29(11-13-30)19-4-2-1-3-5-19/h1-5,8-9,15,20-21,23-24,32H,6-7,10-14,16-18H2/t20-,21+,23+,24-/m0/s1. The highest BCUT2D eigenvalue weighted by atomic mass is 16.5. The largest absolute Gasteiger partial charge is 0.389 e. The SMILES string of the molecule is O=C(C[C@H]1CC[C@@H]2[C@H](COC[C@@H](O)CN2C(=O)c2cnccn2)O1)N1CCN(c2ccccc2)CC1. The number of anilines is 1. The first-order chi connectivity index (χ1) is 17.6. The van der Waals surface area contributed by atoms with E-state index in [4.69, 9.17) is 9.47 Å². The summed E-state index contributed by atoms with van der Waals surface area (Å²) in [6.07, 6.45) is 4.66. The highest BCUT2D eigenvalue weighted by Crippen LogP contribution is 2.29. The minimum Gasteiger partial charge on any atom is -0.389 e. The van der Waals surface area contributed by atoms with Gasteiger partial charge in [0.1, 0.15) is 11.8 Å². The van der Waals surface area contributed by atoms with Crippen LogP contribution < -0.4 is 4.90 Å². The summed E-state index contributed by atoms with van der Waals surface area (Å²) in [5.74, 6) is -0.186. The summed E-state index contributed by atoms with van der Waals surface area (Å²) in [5, 5.41) is 10.3. The van der Waals surface area contributed by atoms with Crippen molar-refractivity contribution in [2.75, 3.05) is 50.8 Å². The van der Waals surface area contributed by atoms with Gasteiger partial charge in [-0.15, -0.1) is 0 Å². The van der Waals surface area contributed by atoms with E-state index >= 15 is 0 Å². The quantitative estimate of drug-likeness (QED) is 0.669. The van der Waals surface area contributed by atoms with E-state index in [1.165, 1.54) is 24.3 Å². The lowest BCUT2D eigenvalue weighted by Crippen LogP contribution is -2.58. The first-order valence-corrected chi connectivity index (χ1v) is 12.6. The highest BCUT2D eigenvalue weighted by molar-refractivity contribution is 5.92. The number of aliphatic hydroxyl groups is 1. The average molecular weight is 496 g/mol. The lowest BCUT2D eigenvalue weighted by molar-refractivity contribution is -0.155. The van der Waals surface area contributed by atoms with Crippen molar-refractivity contribution in [3.05, 3.63) is 54.6 Å². The molecular formula is C26H33N5O5. The third-order valence-corrected chi connectivity index (χ3v) is 7.18. The van der Waals surface area contributed by atoms with Crippen LogP contribution in [0.4, 0.5) is 5.69 Å². The zero-order valence-corrected chi connectivity index (χ0v) is 20.3. The summed E-state index contributed by atoms with van der Waals surface area (Å²) in [6, 6.07) is 9.99. The van der Waals surface area contributed by atoms with E-state index < -0.39 is 6.10 Å². The van der Waals surface area contributed by atoms with E-state index in [0.717, 1.165) is 13.1 Å². The molecule has 1 aromatic heterocycles. The molecule has 4 heterocycles. The summed E-state index contributed by atoms with van der Waals surface area (Å²) in [4.78, 5) is 40.3. The Morgan fingerprint density at radius 2 is 1.83 bits per heavy atom. The smallest absolute Gasteiger partial charge is 0.274 e. The van der Waals surface area contributed by atoms with Crippen molar-refractivity contribution < 1.29 is 24.2 Å². The Bertz CT molecular complexity index is 1020. The number of hydrogen-bond donors (Lipinski definition) is 1. The molecule has 2 aromatic rings. The van der Waals surface area contributed by atoms with Crippen LogP contribution in [-0.4, -0.2) is 107 Å². The van der Waals surface area contributed by atoms with Crippen molar-refractivity contribution in [3.63, 3.8) is 0 Å². The molecule has 1 aromatic carbocycles. The molecule has 10 nitrogen and oxygen atoms in total. The molecule has 0 saturated carbocycles. The van der Waals surface area contributed by atoms with E-state index in [1.807, 2.05) is 23.1 Å². The van der Waals surface area contributed by atoms with Crippen molar-refractivity contribution >= 4 is 17.5 Å². The van der Waals surface area contributed by atoms with Crippen molar-refractivity contribution in [2.24, 2.45) is 0 Å². The number of β-amino-alcohol motifs (C(OH)–C–C–N with tert-alkyl or cyclic N) is 1. The minimum absolute atomic E-state index is 0.0980. The number of piperazine rings is 1. The maximum absolute atomic E-state index is 13.2. The fourth-order valence-electron chi connectivity index (χ4n) is 5.31. The molecule has 3 aliphatic heterocycles. The number of rotatable bonds is 4. The van der Waals surface area contributed by atoms with Gasteiger partial charge in [0.15, 0.2) is 0 Å². The van der Waals surface area contributed by atoms with Crippen LogP contribution in [0.25, 0.3) is 0 Å². The van der Waals surface area contributed by atoms with Crippen LogP contribution in [0, 0.1) is 0 Å². The number of aromatic nitrogens is 2. The summed E-state index contributed by atoms with van der Waals surface area (Å²) in [7, 11) is 0. The molecule has 3 aliphatic rings. The molecule has 0 aliphatic carbocycles. The molecule has 3 fully saturated rings. The lowest BCUT2D eigenvalue weighted by Gasteiger charge is -2.44. The van der Waals surface area contributed by atoms with Crippen LogP contribution in [0.5, 0.6) is 0 Å². The molecule has 1 N–H and O–H groups in total. The number of aliphatic hydroxyl groups excluding tert-OH is 1. The Hall–Kier alpha value is -3.08. The predicted molar refractivity (Wildman–Crippen MR) is 131 cm³/mol. The molecule has 192 valence electrons. The third kappa shape index (κ3) is 5.66. The van der Waals surface area contributed by atoms with Gasteiger partial charge < -0.3 is 29.3 Å². The van der Waals surface area contributed by atoms with Crippen molar-refractivity contribution in [2.45, 2.75) is 43.6 Å². The van der Waals surface area contributed by atoms with Gasteiger partial charge >= 0.3 is 0 Å². The summed E-state index contributed by atoms with van der Waals surface area (Å²) in [6.45, 7) is 3.50. The number of fused-ring (bicyclic) bond motifs is 1. The molecule has 3 saturated heterocycles. The van der Waals surface area contributed by atoms with Crippen molar-refractivity contribution in [3.8, 4) is 0 Å². The van der Waals surface area contributed by atoms with Gasteiger partial charge in [-0.05, 0) is 25.0 Å². The summed E-state index contributed by atoms with van der Waals surface area (Å²) < 4.78 is 12.0. The predicted octanol–water partition coefficient (Wildman–Crippen LogP) is 0.965. The molecule has 0 bridgehead atoms. The Morgan fingerprint density at radius 3 is 2.58 bits per heavy atom. The normalized spacial score (nSPS) is 27.1. The average Bonchev–Trinajstić information content (AvgIpc) is 2.92. The Balaban J connectivity index is 1.18. The third-order valence-electron chi connectivity index (χ3n) is 7.18. The number of benzene rings is 1. The van der Waals surface area contributed by atoms with Crippen LogP contribution in [0.3, 0.4) is 0 Å². The fourth-order valence-corrected chi connectivity index (χ4v) is 5.31. The van der Waals surface area contributed by atoms with Crippen LogP contribution in [0.2, 0.25) is 0 Å². The van der Waals surface area contributed by atoms with Gasteiger partial charge in [-0.1, -0.05) is 18.2 Å². The topological polar surface area (TPSA) is 108 Å². The molecule has 36 heavy (non-hydrogen) atoms. The van der Waals surface area contributed by atoms with Gasteiger partial charge in [-0.25, -0.2) is 4.98 Å². The molecule has 0 spiro atoms. The number of amides is 2. The Morgan fingerprint density at radius 1 is 1.03 bits per heavy atom. The second-order valence-electron chi connectivity index (χ2n) is 9.59. The second kappa shape index (κ2) is 11.3. The monoisotopic (exact) mass is 495 g/mol. The maximum atomic E-state index is 13.2. The summed E-state index contributed by atoms with van der Waals surface area (Å²) >= 11 is 0. The van der Waals surface area contributed by atoms with Crippen LogP contribution in [-0.2, 0) is 14.3 Å². The van der Waals surface area contributed by atoms with E-state index in [1.54, 1.807) is 4.90 Å². The zero-order valence-electron chi connectivity index (χ0n) is 20.3. The van der Waals surface area contributed by atoms with E-state index in [-0.39, 0.29) is 55.5 Å². The zero-order chi connectivity index (χ0) is 24.9. The molecule has 0 unspecified atom stereocenters. The summed E-state index contributed by atoms with van der Waals surface area (Å²) in [5.41, 5.74) is 1.41. The molecule has 4 atom stereocenters. The van der Waals surface area contributed by atoms with E-state index in [9.17, 15) is 14.7 Å². The number of carbonyl (C=O) groups excluding carboxylic acids is 2. The van der Waals surface area contributed by atoms with Gasteiger partial charge in [0.2, 0.25) is 5.91 Å². The van der Waals surface area contributed by atoms with E-state index in [0.29, 0.717) is 32.4 Å². The number of nitrogens with zero attached hydrogens (tertiary/aromatic N) is 5. The number of ether oxygens (including phenoxy) is 2. The first-order valence-electron chi connectivity index (χ1n) is 12.6. The maximum Gasteiger partial charge on any atom is 0.274 e. The Labute approximate surface area is 210 Å². The Kier molecular flexibility index (Phi) is 7.74. The van der Waals surface area contributed by atoms with Crippen molar-refractivity contribution in [1.29, 1.82) is 0 Å². The van der Waals surface area contributed by atoms with Gasteiger partial charge in [-0.2, -0.15) is 0 Å². The van der Waals surface area contributed by atoms with Gasteiger partial charge in [-0.3, -0.25) is 14.6 Å². The van der Waals surface area contributed by atoms with Crippen LogP contribution in [0.15, 0.2) is 48.9 Å². The first kappa shape index (κ1) is 24.6. The number of para-hydroxylation sites is 1. The van der Waals surface area contributed by atoms with E-state index in [2.05, 4.69) is 27.0 Å². The van der Waals surface area contributed by atoms with Gasteiger partial charge in [0, 0.05) is 50.8 Å². The number of carbonyl (C=O) groups is 2. The van der Waals surface area contributed by atoms with Crippen LogP contribution >= 0.6 is 0 Å².